The quantitative estimate of drug-likeness (QED) is 0.566. The number of hydrogen-bond acceptors (Lipinski definition) is 5. The number of carbonyl (C=O) groups excluding carboxylic acids is 1. The van der Waals surface area contributed by atoms with Crippen molar-refractivity contribution < 1.29 is 9.53 Å². The first kappa shape index (κ1) is 20.8. The molecule has 1 amide bonds. The van der Waals surface area contributed by atoms with E-state index in [1.54, 1.807) is 21.7 Å². The topological polar surface area (TPSA) is 63.0 Å². The Kier molecular flexibility index (Phi) is 5.51. The Morgan fingerprint density at radius 1 is 1.07 bits per heavy atom. The summed E-state index contributed by atoms with van der Waals surface area (Å²) in [5, 5.41) is 5.35. The van der Waals surface area contributed by atoms with Gasteiger partial charge in [-0.2, -0.15) is 5.10 Å². The van der Waals surface area contributed by atoms with Gasteiger partial charge >= 0.3 is 6.09 Å². The lowest BCUT2D eigenvalue weighted by molar-refractivity contribution is 0.0240. The van der Waals surface area contributed by atoms with E-state index in [-0.39, 0.29) is 6.09 Å². The summed E-state index contributed by atoms with van der Waals surface area (Å²) in [6, 6.07) is 9.42. The lowest BCUT2D eigenvalue weighted by atomic mass is 10.1. The summed E-state index contributed by atoms with van der Waals surface area (Å²) >= 11 is 12.7. The number of imidazole rings is 1. The van der Waals surface area contributed by atoms with Crippen LogP contribution in [0.25, 0.3) is 16.9 Å². The third-order valence-electron chi connectivity index (χ3n) is 4.85. The maximum absolute atomic E-state index is 12.3. The molecule has 1 aromatic carbocycles. The zero-order valence-electron chi connectivity index (χ0n) is 17.1. The fraction of sp³-hybridized carbons (Fsp3) is 0.381. The standard InChI is InChI=1S/C21H23Cl2N5O2/c1-21(2,3)30-20(29)27-10-8-26(9-11-27)16-5-4-14(12-15(16)22)17-13-24-19-7-6-18(23)25-28(17)19/h4-7,12-13H,8-11H2,1-3H3. The number of halogens is 2. The number of amides is 1. The van der Waals surface area contributed by atoms with E-state index in [1.165, 1.54) is 0 Å². The zero-order chi connectivity index (χ0) is 21.5. The van der Waals surface area contributed by atoms with Crippen molar-refractivity contribution >= 4 is 40.6 Å². The molecule has 9 heteroatoms. The average molecular weight is 448 g/mol. The minimum atomic E-state index is -0.496. The van der Waals surface area contributed by atoms with E-state index in [9.17, 15) is 4.79 Å². The second kappa shape index (κ2) is 7.96. The normalized spacial score (nSPS) is 15.0. The Hall–Kier alpha value is -2.51. The van der Waals surface area contributed by atoms with Crippen molar-refractivity contribution in [2.24, 2.45) is 0 Å². The fourth-order valence-electron chi connectivity index (χ4n) is 3.43. The summed E-state index contributed by atoms with van der Waals surface area (Å²) in [7, 11) is 0. The van der Waals surface area contributed by atoms with Crippen LogP contribution in [0.3, 0.4) is 0 Å². The van der Waals surface area contributed by atoms with Crippen LogP contribution in [0.2, 0.25) is 10.2 Å². The van der Waals surface area contributed by atoms with E-state index < -0.39 is 5.60 Å². The number of anilines is 1. The molecule has 30 heavy (non-hydrogen) atoms. The third kappa shape index (κ3) is 4.32. The van der Waals surface area contributed by atoms with Gasteiger partial charge in [-0.3, -0.25) is 0 Å². The second-order valence-electron chi connectivity index (χ2n) is 8.19. The van der Waals surface area contributed by atoms with E-state index in [4.69, 9.17) is 27.9 Å². The molecule has 0 unspecified atom stereocenters. The number of hydrogen-bond donors (Lipinski definition) is 0. The van der Waals surface area contributed by atoms with Crippen LogP contribution >= 0.6 is 23.2 Å². The van der Waals surface area contributed by atoms with E-state index in [0.717, 1.165) is 16.9 Å². The van der Waals surface area contributed by atoms with Gasteiger partial charge in [0, 0.05) is 31.7 Å². The molecule has 0 radical (unpaired) electrons. The highest BCUT2D eigenvalue weighted by Crippen LogP contribution is 2.32. The van der Waals surface area contributed by atoms with Gasteiger partial charge in [-0.15, -0.1) is 0 Å². The van der Waals surface area contributed by atoms with E-state index in [2.05, 4.69) is 15.0 Å². The van der Waals surface area contributed by atoms with Gasteiger partial charge < -0.3 is 14.5 Å². The van der Waals surface area contributed by atoms with Crippen LogP contribution in [0.4, 0.5) is 10.5 Å². The number of benzene rings is 1. The van der Waals surface area contributed by atoms with E-state index in [0.29, 0.717) is 42.0 Å². The maximum Gasteiger partial charge on any atom is 0.410 e. The lowest BCUT2D eigenvalue weighted by Gasteiger charge is -2.37. The van der Waals surface area contributed by atoms with Crippen LogP contribution in [0.1, 0.15) is 20.8 Å². The molecule has 158 valence electrons. The molecule has 0 aliphatic carbocycles. The molecule has 0 N–H and O–H groups in total. The SMILES string of the molecule is CC(C)(C)OC(=O)N1CCN(c2ccc(-c3cnc4ccc(Cl)nn34)cc2Cl)CC1. The van der Waals surface area contributed by atoms with Gasteiger partial charge in [-0.05, 0) is 45.0 Å². The highest BCUT2D eigenvalue weighted by molar-refractivity contribution is 6.33. The molecular weight excluding hydrogens is 425 g/mol. The predicted molar refractivity (Wildman–Crippen MR) is 118 cm³/mol. The number of aromatic nitrogens is 3. The Labute approximate surface area is 185 Å². The number of piperazine rings is 1. The molecule has 1 aliphatic rings. The van der Waals surface area contributed by atoms with Gasteiger partial charge in [-0.25, -0.2) is 14.3 Å². The van der Waals surface area contributed by atoms with Gasteiger partial charge in [-0.1, -0.05) is 29.3 Å². The number of nitrogens with zero attached hydrogens (tertiary/aromatic N) is 5. The average Bonchev–Trinajstić information content (AvgIpc) is 3.10. The molecule has 3 heterocycles. The van der Waals surface area contributed by atoms with Crippen LogP contribution in [0, 0.1) is 0 Å². The van der Waals surface area contributed by atoms with Gasteiger partial charge in [0.05, 0.1) is 22.6 Å². The molecule has 2 aromatic heterocycles. The summed E-state index contributed by atoms with van der Waals surface area (Å²) in [6.07, 6.45) is 1.48. The number of carbonyl (C=O) groups is 1. The highest BCUT2D eigenvalue weighted by Gasteiger charge is 2.26. The first-order valence-electron chi connectivity index (χ1n) is 9.74. The van der Waals surface area contributed by atoms with Gasteiger partial charge in [0.15, 0.2) is 5.65 Å². The van der Waals surface area contributed by atoms with E-state index >= 15 is 0 Å². The van der Waals surface area contributed by atoms with Crippen molar-refractivity contribution in [1.82, 2.24) is 19.5 Å². The molecule has 1 aliphatic heterocycles. The lowest BCUT2D eigenvalue weighted by Crippen LogP contribution is -2.50. The number of ether oxygens (including phenoxy) is 1. The van der Waals surface area contributed by atoms with Gasteiger partial charge in [0.25, 0.3) is 0 Å². The smallest absolute Gasteiger partial charge is 0.410 e. The summed E-state index contributed by atoms with van der Waals surface area (Å²) < 4.78 is 7.16. The first-order valence-corrected chi connectivity index (χ1v) is 10.5. The molecule has 0 bridgehead atoms. The molecule has 3 aromatic rings. The molecule has 0 spiro atoms. The Bertz CT molecular complexity index is 1080. The van der Waals surface area contributed by atoms with E-state index in [1.807, 2.05) is 45.0 Å². The van der Waals surface area contributed by atoms with Gasteiger partial charge in [0.2, 0.25) is 0 Å². The van der Waals surface area contributed by atoms with Crippen molar-refractivity contribution in [3.63, 3.8) is 0 Å². The highest BCUT2D eigenvalue weighted by atomic mass is 35.5. The van der Waals surface area contributed by atoms with Crippen molar-refractivity contribution in [2.45, 2.75) is 26.4 Å². The number of rotatable bonds is 2. The van der Waals surface area contributed by atoms with Crippen LogP contribution < -0.4 is 4.90 Å². The van der Waals surface area contributed by atoms with Crippen LogP contribution in [0.5, 0.6) is 0 Å². The molecule has 4 rings (SSSR count). The molecule has 1 fully saturated rings. The van der Waals surface area contributed by atoms with Crippen LogP contribution in [-0.2, 0) is 4.74 Å². The predicted octanol–water partition coefficient (Wildman–Crippen LogP) is 4.76. The maximum atomic E-state index is 12.3. The summed E-state index contributed by atoms with van der Waals surface area (Å²) in [6.45, 7) is 8.16. The Balaban J connectivity index is 1.49. The monoisotopic (exact) mass is 447 g/mol. The molecule has 7 nitrogen and oxygen atoms in total. The third-order valence-corrected chi connectivity index (χ3v) is 5.35. The van der Waals surface area contributed by atoms with Crippen molar-refractivity contribution in [3.05, 3.63) is 46.7 Å². The first-order chi connectivity index (χ1) is 14.2. The number of fused-ring (bicyclic) bond motifs is 1. The molecular formula is C21H23Cl2N5O2. The van der Waals surface area contributed by atoms with Crippen molar-refractivity contribution in [3.8, 4) is 11.3 Å². The fourth-order valence-corrected chi connectivity index (χ4v) is 3.87. The van der Waals surface area contributed by atoms with Crippen molar-refractivity contribution in [2.75, 3.05) is 31.1 Å². The molecule has 0 atom stereocenters. The van der Waals surface area contributed by atoms with Crippen molar-refractivity contribution in [1.29, 1.82) is 0 Å². The zero-order valence-corrected chi connectivity index (χ0v) is 18.6. The largest absolute Gasteiger partial charge is 0.444 e. The van der Waals surface area contributed by atoms with Gasteiger partial charge in [0.1, 0.15) is 10.8 Å². The summed E-state index contributed by atoms with van der Waals surface area (Å²) in [5.74, 6) is 0. The minimum Gasteiger partial charge on any atom is -0.444 e. The van der Waals surface area contributed by atoms with Crippen LogP contribution in [-0.4, -0.2) is 57.4 Å². The summed E-state index contributed by atoms with van der Waals surface area (Å²) in [5.41, 5.74) is 2.87. The summed E-state index contributed by atoms with van der Waals surface area (Å²) in [4.78, 5) is 20.5. The Morgan fingerprint density at radius 2 is 1.80 bits per heavy atom. The van der Waals surface area contributed by atoms with Crippen LogP contribution in [0.15, 0.2) is 36.5 Å². The molecule has 0 saturated carbocycles. The minimum absolute atomic E-state index is 0.276. The second-order valence-corrected chi connectivity index (χ2v) is 8.98. The molecule has 1 saturated heterocycles. The Morgan fingerprint density at radius 3 is 2.47 bits per heavy atom.